The monoisotopic (exact) mass is 310 g/mol. The second-order valence-electron chi connectivity index (χ2n) is 5.99. The number of benzene rings is 2. The quantitative estimate of drug-likeness (QED) is 0.701. The molecule has 2 rings (SSSR count). The normalized spacial score (nSPS) is 12.0. The first kappa shape index (κ1) is 16.7. The van der Waals surface area contributed by atoms with Crippen LogP contribution < -0.4 is 5.19 Å². The van der Waals surface area contributed by atoms with Crippen molar-refractivity contribution in [1.82, 2.24) is 0 Å². The second kappa shape index (κ2) is 7.57. The molecule has 22 heavy (non-hydrogen) atoms. The van der Waals surface area contributed by atoms with E-state index in [-0.39, 0.29) is 5.60 Å². The van der Waals surface area contributed by atoms with E-state index in [0.29, 0.717) is 0 Å². The van der Waals surface area contributed by atoms with Gasteiger partial charge in [-0.05, 0) is 41.7 Å². The average molecular weight is 311 g/mol. The lowest BCUT2D eigenvalue weighted by atomic mass is 10.00. The van der Waals surface area contributed by atoms with Crippen LogP contribution >= 0.6 is 0 Å². The van der Waals surface area contributed by atoms with E-state index in [1.54, 1.807) is 0 Å². The van der Waals surface area contributed by atoms with Crippen molar-refractivity contribution in [1.29, 1.82) is 0 Å². The van der Waals surface area contributed by atoms with Gasteiger partial charge in [-0.1, -0.05) is 75.0 Å². The maximum atomic E-state index is 6.22. The Kier molecular flexibility index (Phi) is 5.75. The Morgan fingerprint density at radius 3 is 2.05 bits per heavy atom. The first-order chi connectivity index (χ1) is 10.6. The molecule has 0 fully saturated rings. The molecule has 0 saturated heterocycles. The van der Waals surface area contributed by atoms with Gasteiger partial charge in [0.15, 0.2) is 9.76 Å². The zero-order valence-electron chi connectivity index (χ0n) is 13.9. The van der Waals surface area contributed by atoms with Crippen LogP contribution in [-0.2, 0) is 4.43 Å². The minimum absolute atomic E-state index is 0.0402. The molecule has 0 spiro atoms. The molecule has 2 aromatic rings. The lowest BCUT2D eigenvalue weighted by Gasteiger charge is -2.27. The molecular weight excluding hydrogens is 284 g/mol. The smallest absolute Gasteiger partial charge is 0.193 e. The van der Waals surface area contributed by atoms with E-state index in [2.05, 4.69) is 63.7 Å². The maximum absolute atomic E-state index is 6.22. The lowest BCUT2D eigenvalue weighted by Crippen LogP contribution is -2.33. The van der Waals surface area contributed by atoms with Gasteiger partial charge in [-0.2, -0.15) is 0 Å². The predicted molar refractivity (Wildman–Crippen MR) is 99.3 cm³/mol. The highest BCUT2D eigenvalue weighted by molar-refractivity contribution is 6.47. The van der Waals surface area contributed by atoms with Crippen LogP contribution in [0.2, 0.25) is 0 Å². The van der Waals surface area contributed by atoms with E-state index in [9.17, 15) is 0 Å². The van der Waals surface area contributed by atoms with E-state index in [4.69, 9.17) is 4.43 Å². The molecule has 2 aromatic carbocycles. The van der Waals surface area contributed by atoms with Crippen molar-refractivity contribution in [3.05, 3.63) is 72.3 Å². The van der Waals surface area contributed by atoms with Crippen LogP contribution in [0, 0.1) is 0 Å². The SMILES string of the molecule is C=C(c1ccccc1)c1ccc([SiH2]OC(C)(CC)CC)cc1. The van der Waals surface area contributed by atoms with E-state index in [1.807, 2.05) is 18.2 Å². The molecule has 0 aliphatic heterocycles. The van der Waals surface area contributed by atoms with Gasteiger partial charge in [-0.3, -0.25) is 0 Å². The molecule has 0 heterocycles. The fraction of sp³-hybridized carbons (Fsp3) is 0.300. The summed E-state index contributed by atoms with van der Waals surface area (Å²) >= 11 is 0. The summed E-state index contributed by atoms with van der Waals surface area (Å²) in [7, 11) is -0.671. The molecule has 0 saturated carbocycles. The third kappa shape index (κ3) is 4.18. The molecule has 116 valence electrons. The predicted octanol–water partition coefficient (Wildman–Crippen LogP) is 4.05. The van der Waals surface area contributed by atoms with E-state index in [1.165, 1.54) is 16.3 Å². The van der Waals surface area contributed by atoms with E-state index in [0.717, 1.165) is 18.4 Å². The third-order valence-electron chi connectivity index (χ3n) is 4.51. The highest BCUT2D eigenvalue weighted by Crippen LogP contribution is 2.21. The van der Waals surface area contributed by atoms with Crippen molar-refractivity contribution in [2.75, 3.05) is 0 Å². The fourth-order valence-electron chi connectivity index (χ4n) is 2.32. The zero-order valence-corrected chi connectivity index (χ0v) is 15.3. The summed E-state index contributed by atoms with van der Waals surface area (Å²) in [4.78, 5) is 0. The van der Waals surface area contributed by atoms with Gasteiger partial charge >= 0.3 is 0 Å². The van der Waals surface area contributed by atoms with Crippen molar-refractivity contribution in [3.63, 3.8) is 0 Å². The maximum Gasteiger partial charge on any atom is 0.193 e. The molecule has 0 aliphatic carbocycles. The van der Waals surface area contributed by atoms with Crippen molar-refractivity contribution in [2.45, 2.75) is 39.2 Å². The molecule has 0 aliphatic rings. The van der Waals surface area contributed by atoms with Gasteiger partial charge in [0.25, 0.3) is 0 Å². The first-order valence-electron chi connectivity index (χ1n) is 8.05. The molecule has 0 N–H and O–H groups in total. The van der Waals surface area contributed by atoms with E-state index >= 15 is 0 Å². The van der Waals surface area contributed by atoms with Crippen LogP contribution in [0.15, 0.2) is 61.2 Å². The summed E-state index contributed by atoms with van der Waals surface area (Å²) in [6, 6.07) is 19.0. The van der Waals surface area contributed by atoms with Crippen LogP contribution in [0.1, 0.15) is 44.7 Å². The Balaban J connectivity index is 2.03. The van der Waals surface area contributed by atoms with Gasteiger partial charge < -0.3 is 4.43 Å². The van der Waals surface area contributed by atoms with Crippen LogP contribution in [0.3, 0.4) is 0 Å². The summed E-state index contributed by atoms with van der Waals surface area (Å²) in [6.45, 7) is 10.8. The Morgan fingerprint density at radius 1 is 0.955 bits per heavy atom. The molecule has 0 amide bonds. The Bertz CT molecular complexity index is 597. The molecule has 0 unspecified atom stereocenters. The van der Waals surface area contributed by atoms with Crippen LogP contribution in [0.4, 0.5) is 0 Å². The van der Waals surface area contributed by atoms with Gasteiger partial charge in [0.1, 0.15) is 0 Å². The number of hydrogen-bond acceptors (Lipinski definition) is 1. The largest absolute Gasteiger partial charge is 0.413 e. The van der Waals surface area contributed by atoms with E-state index < -0.39 is 9.76 Å². The second-order valence-corrected chi connectivity index (χ2v) is 7.38. The summed E-state index contributed by atoms with van der Waals surface area (Å²) in [5.41, 5.74) is 3.46. The topological polar surface area (TPSA) is 9.23 Å². The van der Waals surface area contributed by atoms with Crippen LogP contribution in [0.25, 0.3) is 5.57 Å². The minimum Gasteiger partial charge on any atom is -0.413 e. The van der Waals surface area contributed by atoms with Gasteiger partial charge in [-0.25, -0.2) is 0 Å². The van der Waals surface area contributed by atoms with Crippen molar-refractivity contribution in [3.8, 4) is 0 Å². The lowest BCUT2D eigenvalue weighted by molar-refractivity contribution is 0.0882. The Labute approximate surface area is 137 Å². The van der Waals surface area contributed by atoms with Gasteiger partial charge in [-0.15, -0.1) is 0 Å². The van der Waals surface area contributed by atoms with Gasteiger partial charge in [0, 0.05) is 0 Å². The number of rotatable bonds is 7. The van der Waals surface area contributed by atoms with Crippen molar-refractivity contribution in [2.24, 2.45) is 0 Å². The highest BCUT2D eigenvalue weighted by atomic mass is 28.2. The summed E-state index contributed by atoms with van der Waals surface area (Å²) in [5, 5.41) is 1.35. The molecule has 0 atom stereocenters. The average Bonchev–Trinajstić information content (AvgIpc) is 2.60. The Hall–Kier alpha value is -1.64. The fourth-order valence-corrected chi connectivity index (χ4v) is 3.67. The molecular formula is C20H26OSi. The van der Waals surface area contributed by atoms with Crippen molar-refractivity contribution >= 4 is 20.5 Å². The molecule has 2 heteroatoms. The van der Waals surface area contributed by atoms with Gasteiger partial charge in [0.2, 0.25) is 0 Å². The summed E-state index contributed by atoms with van der Waals surface area (Å²) in [6.07, 6.45) is 2.14. The van der Waals surface area contributed by atoms with Crippen LogP contribution in [0.5, 0.6) is 0 Å². The highest BCUT2D eigenvalue weighted by Gasteiger charge is 2.19. The molecule has 0 radical (unpaired) electrons. The minimum atomic E-state index is -0.671. The third-order valence-corrected chi connectivity index (χ3v) is 6.15. The molecule has 0 aromatic heterocycles. The first-order valence-corrected chi connectivity index (χ1v) is 9.34. The van der Waals surface area contributed by atoms with Crippen LogP contribution in [-0.4, -0.2) is 15.4 Å². The standard InChI is InChI=1S/C20H26OSi/c1-5-20(4,6-2)21-22-19-14-12-18(13-15-19)16(3)17-10-8-7-9-11-17/h7-15H,3,5-6,22H2,1-2,4H3. The summed E-state index contributed by atoms with van der Waals surface area (Å²) < 4.78 is 6.22. The zero-order chi connectivity index (χ0) is 16.0. The molecule has 0 bridgehead atoms. The van der Waals surface area contributed by atoms with Crippen molar-refractivity contribution < 1.29 is 4.43 Å². The Morgan fingerprint density at radius 2 is 1.50 bits per heavy atom. The summed E-state index contributed by atoms with van der Waals surface area (Å²) in [5.74, 6) is 0. The number of hydrogen-bond donors (Lipinski definition) is 0. The molecule has 1 nitrogen and oxygen atoms in total. The van der Waals surface area contributed by atoms with Gasteiger partial charge in [0.05, 0.1) is 5.60 Å².